The van der Waals surface area contributed by atoms with Gasteiger partial charge in [0, 0.05) is 11.4 Å². The van der Waals surface area contributed by atoms with Crippen molar-refractivity contribution >= 4 is 34.6 Å². The molecule has 3 aromatic carbocycles. The minimum Gasteiger partial charge on any atom is -0.424 e. The molecule has 1 aliphatic heterocycles. The van der Waals surface area contributed by atoms with Gasteiger partial charge in [-0.3, -0.25) is 4.79 Å². The smallest absolute Gasteiger partial charge is 0.418 e. The third-order valence-electron chi connectivity index (χ3n) is 6.63. The van der Waals surface area contributed by atoms with E-state index in [0.29, 0.717) is 28.0 Å². The highest BCUT2D eigenvalue weighted by atomic mass is 35.5. The molecule has 1 aliphatic carbocycles. The van der Waals surface area contributed by atoms with Gasteiger partial charge >= 0.3 is 6.09 Å². The number of carbonyl (C=O) groups is 2. The van der Waals surface area contributed by atoms with Crippen molar-refractivity contribution < 1.29 is 18.7 Å². The molecule has 1 saturated heterocycles. The molecule has 0 saturated carbocycles. The van der Waals surface area contributed by atoms with Gasteiger partial charge in [0.15, 0.2) is 5.82 Å². The average molecular weight is 476 g/mol. The normalized spacial score (nSPS) is 21.8. The highest BCUT2D eigenvalue weighted by Crippen LogP contribution is 2.44. The lowest BCUT2D eigenvalue weighted by Gasteiger charge is -2.25. The van der Waals surface area contributed by atoms with E-state index in [1.807, 2.05) is 24.3 Å². The largest absolute Gasteiger partial charge is 0.424 e. The van der Waals surface area contributed by atoms with Crippen molar-refractivity contribution in [2.24, 2.45) is 0 Å². The first-order valence-electron chi connectivity index (χ1n) is 11.0. The summed E-state index contributed by atoms with van der Waals surface area (Å²) in [6, 6.07) is 18.3. The number of nitrogens with one attached hydrogen (secondary N) is 1. The van der Waals surface area contributed by atoms with E-state index in [-0.39, 0.29) is 12.2 Å². The number of fused-ring (bicyclic) bond motifs is 2. The van der Waals surface area contributed by atoms with Crippen molar-refractivity contribution in [3.05, 3.63) is 100 Å². The van der Waals surface area contributed by atoms with Crippen LogP contribution < -0.4 is 0 Å². The molecule has 1 aromatic heterocycles. The molecule has 6 rings (SSSR count). The predicted octanol–water partition coefficient (Wildman–Crippen LogP) is 5.46. The molecule has 1 fully saturated rings. The number of halogens is 2. The van der Waals surface area contributed by atoms with Crippen molar-refractivity contribution in [2.45, 2.75) is 30.9 Å². The zero-order valence-electron chi connectivity index (χ0n) is 17.9. The van der Waals surface area contributed by atoms with Gasteiger partial charge < -0.3 is 9.72 Å². The molecule has 4 aromatic rings. The number of H-pyrrole nitrogens is 1. The molecule has 0 spiro atoms. The lowest BCUT2D eigenvalue weighted by atomic mass is 9.92. The van der Waals surface area contributed by atoms with Gasteiger partial charge in [-0.2, -0.15) is 0 Å². The third-order valence-corrected chi connectivity index (χ3v) is 6.86. The first kappa shape index (κ1) is 20.9. The number of carbonyl (C=O) groups excluding carboxylic acids is 2. The Kier molecular flexibility index (Phi) is 4.71. The van der Waals surface area contributed by atoms with E-state index in [4.69, 9.17) is 16.3 Å². The Hall–Kier alpha value is -3.71. The number of benzene rings is 3. The molecule has 6 nitrogen and oxygen atoms in total. The van der Waals surface area contributed by atoms with Crippen LogP contribution in [0.4, 0.5) is 9.18 Å². The van der Waals surface area contributed by atoms with Gasteiger partial charge in [-0.15, -0.1) is 0 Å². The summed E-state index contributed by atoms with van der Waals surface area (Å²) in [5.74, 6) is -0.676. The molecule has 1 N–H and O–H groups in total. The van der Waals surface area contributed by atoms with Gasteiger partial charge in [-0.05, 0) is 59.9 Å². The Labute approximate surface area is 199 Å². The number of rotatable bonds is 4. The van der Waals surface area contributed by atoms with Crippen molar-refractivity contribution in [3.63, 3.8) is 0 Å². The molecule has 2 atom stereocenters. The summed E-state index contributed by atoms with van der Waals surface area (Å²) in [6.45, 7) is 0. The second kappa shape index (κ2) is 7.67. The highest BCUT2D eigenvalue weighted by Gasteiger charge is 2.59. The summed E-state index contributed by atoms with van der Waals surface area (Å²) in [6.07, 6.45) is 0.692. The summed E-state index contributed by atoms with van der Waals surface area (Å²) < 4.78 is 19.4. The first-order chi connectivity index (χ1) is 16.4. The van der Waals surface area contributed by atoms with Gasteiger partial charge in [0.1, 0.15) is 5.82 Å². The van der Waals surface area contributed by atoms with Crippen molar-refractivity contribution in [1.29, 1.82) is 0 Å². The fourth-order valence-corrected chi connectivity index (χ4v) is 5.17. The first-order valence-corrected chi connectivity index (χ1v) is 11.4. The van der Waals surface area contributed by atoms with Crippen LogP contribution in [0.2, 0.25) is 5.02 Å². The Bertz CT molecular complexity index is 1450. The molecule has 0 bridgehead atoms. The van der Waals surface area contributed by atoms with Crippen LogP contribution in [0.1, 0.15) is 35.0 Å². The van der Waals surface area contributed by atoms with E-state index in [9.17, 15) is 14.0 Å². The average Bonchev–Trinajstić information content (AvgIpc) is 3.50. The zero-order chi connectivity index (χ0) is 23.4. The molecule has 8 heteroatoms. The molecule has 2 heterocycles. The monoisotopic (exact) mass is 475 g/mol. The van der Waals surface area contributed by atoms with Gasteiger partial charge in [-0.1, -0.05) is 48.0 Å². The van der Waals surface area contributed by atoms with Crippen molar-refractivity contribution in [3.8, 4) is 0 Å². The number of hydrogen-bond donors (Lipinski definition) is 1. The van der Waals surface area contributed by atoms with Crippen LogP contribution >= 0.6 is 11.6 Å². The maximum absolute atomic E-state index is 14.1. The molecule has 170 valence electrons. The van der Waals surface area contributed by atoms with Crippen molar-refractivity contribution in [2.75, 3.05) is 0 Å². The van der Waals surface area contributed by atoms with Crippen molar-refractivity contribution in [1.82, 2.24) is 14.9 Å². The van der Waals surface area contributed by atoms with Crippen LogP contribution in [0.3, 0.4) is 0 Å². The fourth-order valence-electron chi connectivity index (χ4n) is 5.00. The minimum atomic E-state index is -1.71. The number of imide groups is 1. The number of hydrogen-bond acceptors (Lipinski definition) is 4. The zero-order valence-corrected chi connectivity index (χ0v) is 18.7. The summed E-state index contributed by atoms with van der Waals surface area (Å²) in [5.41, 5.74) is 2.19. The number of aromatic nitrogens is 2. The standard InChI is InChI=1S/C26H19ClFN3O3/c27-17-8-11-20-21(13-17)30-23(29-20)26(14-15-5-9-18(28)10-6-15)24(32)31(25(33)34-26)22-12-7-16-3-1-2-4-19(16)22/h1-6,8-11,13,22H,7,12,14H2,(H,29,30)/t22-,26?/m1/s1. The number of aromatic amines is 1. The minimum absolute atomic E-state index is 0.0102. The second-order valence-electron chi connectivity index (χ2n) is 8.67. The number of nitrogens with zero attached hydrogens (tertiary/aromatic N) is 2. The van der Waals surface area contributed by atoms with E-state index in [2.05, 4.69) is 9.97 Å². The summed E-state index contributed by atoms with van der Waals surface area (Å²) >= 11 is 6.13. The lowest BCUT2D eigenvalue weighted by Crippen LogP contribution is -2.42. The van der Waals surface area contributed by atoms with Crippen LogP contribution in [0.15, 0.2) is 66.7 Å². The Morgan fingerprint density at radius 3 is 2.74 bits per heavy atom. The second-order valence-corrected chi connectivity index (χ2v) is 9.11. The van der Waals surface area contributed by atoms with Gasteiger partial charge in [0.25, 0.3) is 11.5 Å². The predicted molar refractivity (Wildman–Crippen MR) is 124 cm³/mol. The quantitative estimate of drug-likeness (QED) is 0.425. The number of cyclic esters (lactones) is 1. The van der Waals surface area contributed by atoms with E-state index >= 15 is 0 Å². The molecular formula is C26H19ClFN3O3. The third kappa shape index (κ3) is 3.19. The van der Waals surface area contributed by atoms with E-state index in [1.165, 1.54) is 17.0 Å². The Morgan fingerprint density at radius 1 is 1.12 bits per heavy atom. The van der Waals surface area contributed by atoms with Crippen LogP contribution in [0, 0.1) is 5.82 Å². The van der Waals surface area contributed by atoms with E-state index < -0.39 is 29.5 Å². The van der Waals surface area contributed by atoms with E-state index in [0.717, 1.165) is 17.5 Å². The molecule has 0 radical (unpaired) electrons. The van der Waals surface area contributed by atoms with Crippen LogP contribution in [0.5, 0.6) is 0 Å². The SMILES string of the molecule is O=C1OC(Cc2ccc(F)cc2)(c2nc3ccc(Cl)cc3[nH]2)C(=O)N1[C@@H]1CCc2ccccc21. The summed E-state index contributed by atoms with van der Waals surface area (Å²) in [7, 11) is 0. The molecule has 1 unspecified atom stereocenters. The maximum atomic E-state index is 14.1. The van der Waals surface area contributed by atoms with Crippen LogP contribution in [0.25, 0.3) is 11.0 Å². The van der Waals surface area contributed by atoms with Gasteiger partial charge in [0.2, 0.25) is 0 Å². The van der Waals surface area contributed by atoms with Crippen LogP contribution in [-0.2, 0) is 28.0 Å². The molecular weight excluding hydrogens is 457 g/mol. The Balaban J connectivity index is 1.47. The Morgan fingerprint density at radius 2 is 1.91 bits per heavy atom. The number of ether oxygens (including phenoxy) is 1. The van der Waals surface area contributed by atoms with Gasteiger partial charge in [0.05, 0.1) is 17.1 Å². The van der Waals surface area contributed by atoms with E-state index in [1.54, 1.807) is 30.3 Å². The number of imidazole rings is 1. The summed E-state index contributed by atoms with van der Waals surface area (Å²) in [5, 5.41) is 0.509. The topological polar surface area (TPSA) is 75.3 Å². The molecule has 2 aliphatic rings. The van der Waals surface area contributed by atoms with Gasteiger partial charge in [-0.25, -0.2) is 19.1 Å². The molecule has 34 heavy (non-hydrogen) atoms. The number of aryl methyl sites for hydroxylation is 1. The lowest BCUT2D eigenvalue weighted by molar-refractivity contribution is -0.139. The highest BCUT2D eigenvalue weighted by molar-refractivity contribution is 6.31. The maximum Gasteiger partial charge on any atom is 0.418 e. The fraction of sp³-hybridized carbons (Fsp3) is 0.192. The molecule has 2 amide bonds. The summed E-state index contributed by atoms with van der Waals surface area (Å²) in [4.78, 5) is 36.3. The van der Waals surface area contributed by atoms with Crippen LogP contribution in [-0.4, -0.2) is 26.9 Å². The number of amides is 2.